The van der Waals surface area contributed by atoms with E-state index in [4.69, 9.17) is 27.9 Å². The zero-order chi connectivity index (χ0) is 27.5. The van der Waals surface area contributed by atoms with Crippen LogP contribution >= 0.6 is 23.2 Å². The first-order chi connectivity index (χ1) is 18.6. The number of piperidine rings is 1. The zero-order valence-corrected chi connectivity index (χ0v) is 24.4. The summed E-state index contributed by atoms with van der Waals surface area (Å²) in [4.78, 5) is 45.4. The van der Waals surface area contributed by atoms with Gasteiger partial charge in [-0.15, -0.1) is 0 Å². The number of hydrogen-bond acceptors (Lipinski definition) is 4. The number of ether oxygens (including phenoxy) is 1. The fourth-order valence-corrected chi connectivity index (χ4v) is 7.79. The predicted octanol–water partition coefficient (Wildman–Crippen LogP) is 5.58. The van der Waals surface area contributed by atoms with Gasteiger partial charge in [0.1, 0.15) is 6.10 Å². The normalized spacial score (nSPS) is 31.4. The summed E-state index contributed by atoms with van der Waals surface area (Å²) in [5.41, 5.74) is 0.783. The zero-order valence-electron chi connectivity index (χ0n) is 22.9. The molecule has 2 aliphatic heterocycles. The first kappa shape index (κ1) is 27.2. The van der Waals surface area contributed by atoms with Crippen LogP contribution in [-0.2, 0) is 14.3 Å². The molecule has 2 bridgehead atoms. The van der Waals surface area contributed by atoms with Crippen LogP contribution in [0.5, 0.6) is 0 Å². The molecule has 3 aliphatic carbocycles. The van der Waals surface area contributed by atoms with E-state index in [1.165, 1.54) is 12.8 Å². The Kier molecular flexibility index (Phi) is 7.28. The number of carbonyl (C=O) groups excluding carboxylic acids is 3. The first-order valence-corrected chi connectivity index (χ1v) is 15.3. The van der Waals surface area contributed by atoms with Crippen molar-refractivity contribution in [3.8, 4) is 0 Å². The fourth-order valence-electron chi connectivity index (χ4n) is 7.48. The quantitative estimate of drug-likeness (QED) is 0.459. The molecule has 3 saturated carbocycles. The number of benzene rings is 1. The second-order valence-corrected chi connectivity index (χ2v) is 13.7. The highest BCUT2D eigenvalue weighted by atomic mass is 35.5. The molecule has 212 valence electrons. The van der Waals surface area contributed by atoms with Crippen molar-refractivity contribution in [1.82, 2.24) is 14.7 Å². The van der Waals surface area contributed by atoms with E-state index in [-0.39, 0.29) is 47.3 Å². The van der Waals surface area contributed by atoms with Crippen LogP contribution < -0.4 is 0 Å². The number of likely N-dealkylation sites (tertiary alicyclic amines) is 2. The van der Waals surface area contributed by atoms with E-state index in [0.717, 1.165) is 31.2 Å². The predicted molar refractivity (Wildman–Crippen MR) is 150 cm³/mol. The molecule has 39 heavy (non-hydrogen) atoms. The van der Waals surface area contributed by atoms with Crippen molar-refractivity contribution in [2.75, 3.05) is 33.2 Å². The molecule has 0 aromatic heterocycles. The SMILES string of the molecule is CN(C(=O)OC1CC2CCC1C2)C1CN(C(=O)C2CCN(C(=O)C3(C)CC3)CC2)CC1c1ccc(Cl)c(Cl)c1. The van der Waals surface area contributed by atoms with Crippen molar-refractivity contribution in [2.45, 2.75) is 76.4 Å². The Morgan fingerprint density at radius 3 is 2.33 bits per heavy atom. The molecule has 0 N–H and O–H groups in total. The largest absolute Gasteiger partial charge is 0.446 e. The molecule has 5 aliphatic rings. The summed E-state index contributed by atoms with van der Waals surface area (Å²) in [5.74, 6) is 1.32. The highest BCUT2D eigenvalue weighted by molar-refractivity contribution is 6.42. The number of halogens is 2. The van der Waals surface area contributed by atoms with Gasteiger partial charge in [-0.3, -0.25) is 9.59 Å². The van der Waals surface area contributed by atoms with E-state index in [1.807, 2.05) is 28.9 Å². The molecule has 1 aromatic carbocycles. The highest BCUT2D eigenvalue weighted by Crippen LogP contribution is 2.47. The summed E-state index contributed by atoms with van der Waals surface area (Å²) in [6.45, 7) is 4.26. The minimum atomic E-state index is -0.308. The van der Waals surface area contributed by atoms with Crippen molar-refractivity contribution < 1.29 is 19.1 Å². The van der Waals surface area contributed by atoms with Crippen molar-refractivity contribution in [2.24, 2.45) is 23.2 Å². The molecule has 0 spiro atoms. The minimum absolute atomic E-state index is 0.00653. The van der Waals surface area contributed by atoms with Gasteiger partial charge in [0, 0.05) is 50.5 Å². The van der Waals surface area contributed by atoms with Crippen LogP contribution in [-0.4, -0.2) is 78.0 Å². The number of rotatable bonds is 5. The molecule has 2 saturated heterocycles. The Labute approximate surface area is 241 Å². The van der Waals surface area contributed by atoms with Crippen LogP contribution in [0.1, 0.15) is 69.8 Å². The van der Waals surface area contributed by atoms with Gasteiger partial charge in [-0.25, -0.2) is 4.79 Å². The highest BCUT2D eigenvalue weighted by Gasteiger charge is 2.49. The maximum atomic E-state index is 13.7. The molecule has 5 unspecified atom stereocenters. The summed E-state index contributed by atoms with van der Waals surface area (Å²) in [6.07, 6.45) is 7.53. The van der Waals surface area contributed by atoms with Gasteiger partial charge in [0.25, 0.3) is 0 Å². The topological polar surface area (TPSA) is 70.2 Å². The summed E-state index contributed by atoms with van der Waals surface area (Å²) in [5, 5.41) is 0.944. The number of hydrogen-bond donors (Lipinski definition) is 0. The number of carbonyl (C=O) groups is 3. The van der Waals surface area contributed by atoms with Gasteiger partial charge >= 0.3 is 6.09 Å². The number of fused-ring (bicyclic) bond motifs is 2. The molecule has 5 fully saturated rings. The average molecular weight is 577 g/mol. The molecule has 5 atom stereocenters. The van der Waals surface area contributed by atoms with Crippen LogP contribution in [0.2, 0.25) is 10.0 Å². The third kappa shape index (κ3) is 5.26. The molecular formula is C30H39Cl2N3O4. The van der Waals surface area contributed by atoms with Gasteiger partial charge in [0.15, 0.2) is 0 Å². The lowest BCUT2D eigenvalue weighted by Gasteiger charge is -2.34. The Morgan fingerprint density at radius 1 is 0.974 bits per heavy atom. The second-order valence-electron chi connectivity index (χ2n) is 12.9. The second kappa shape index (κ2) is 10.4. The van der Waals surface area contributed by atoms with Gasteiger partial charge in [0.2, 0.25) is 11.8 Å². The Bertz CT molecular complexity index is 1150. The minimum Gasteiger partial charge on any atom is -0.446 e. The average Bonchev–Trinajstić information content (AvgIpc) is 3.29. The molecule has 6 rings (SSSR count). The van der Waals surface area contributed by atoms with Crippen LogP contribution in [0.4, 0.5) is 4.79 Å². The van der Waals surface area contributed by atoms with E-state index in [0.29, 0.717) is 60.9 Å². The van der Waals surface area contributed by atoms with Crippen LogP contribution in [0.3, 0.4) is 0 Å². The van der Waals surface area contributed by atoms with Crippen LogP contribution in [0.15, 0.2) is 18.2 Å². The number of nitrogens with zero attached hydrogens (tertiary/aromatic N) is 3. The van der Waals surface area contributed by atoms with Gasteiger partial charge in [-0.05, 0) is 80.9 Å². The molecule has 2 heterocycles. The van der Waals surface area contributed by atoms with E-state index >= 15 is 0 Å². The van der Waals surface area contributed by atoms with Gasteiger partial charge in [-0.1, -0.05) is 36.2 Å². The van der Waals surface area contributed by atoms with Gasteiger partial charge in [0.05, 0.1) is 16.1 Å². The molecule has 1 aromatic rings. The molecule has 0 radical (unpaired) electrons. The third-order valence-electron chi connectivity index (χ3n) is 10.3. The van der Waals surface area contributed by atoms with Gasteiger partial charge in [-0.2, -0.15) is 0 Å². The molecule has 3 amide bonds. The number of likely N-dealkylation sites (N-methyl/N-ethyl adjacent to an activating group) is 1. The van der Waals surface area contributed by atoms with E-state index in [1.54, 1.807) is 18.0 Å². The molecule has 7 nitrogen and oxygen atoms in total. The maximum Gasteiger partial charge on any atom is 0.410 e. The summed E-state index contributed by atoms with van der Waals surface area (Å²) in [6, 6.07) is 5.35. The first-order valence-electron chi connectivity index (χ1n) is 14.6. The lowest BCUT2D eigenvalue weighted by atomic mass is 9.93. The lowest BCUT2D eigenvalue weighted by molar-refractivity contribution is -0.142. The van der Waals surface area contributed by atoms with Crippen molar-refractivity contribution in [1.29, 1.82) is 0 Å². The van der Waals surface area contributed by atoms with Crippen molar-refractivity contribution in [3.63, 3.8) is 0 Å². The summed E-state index contributed by atoms with van der Waals surface area (Å²) in [7, 11) is 1.79. The third-order valence-corrected chi connectivity index (χ3v) is 11.1. The number of amides is 3. The standard InChI is InChI=1S/C30H39Cl2N3O4/c1-30(9-10-30)28(37)34-11-7-19(8-12-34)27(36)35-16-22(20-5-6-23(31)24(32)15-20)25(17-35)33(2)29(38)39-26-14-18-3-4-21(26)13-18/h5-6,15,18-19,21-22,25-26H,3-4,7-14,16-17H2,1-2H3. The van der Waals surface area contributed by atoms with Crippen LogP contribution in [0, 0.1) is 23.2 Å². The van der Waals surface area contributed by atoms with Crippen molar-refractivity contribution in [3.05, 3.63) is 33.8 Å². The monoisotopic (exact) mass is 575 g/mol. The van der Waals surface area contributed by atoms with Gasteiger partial charge < -0.3 is 19.4 Å². The fraction of sp³-hybridized carbons (Fsp3) is 0.700. The Morgan fingerprint density at radius 2 is 1.72 bits per heavy atom. The van der Waals surface area contributed by atoms with Crippen molar-refractivity contribution >= 4 is 41.1 Å². The Balaban J connectivity index is 1.14. The Hall–Kier alpha value is -1.99. The molecular weight excluding hydrogens is 537 g/mol. The van der Waals surface area contributed by atoms with E-state index in [9.17, 15) is 14.4 Å². The van der Waals surface area contributed by atoms with Crippen LogP contribution in [0.25, 0.3) is 0 Å². The van der Waals surface area contributed by atoms with E-state index in [2.05, 4.69) is 0 Å². The lowest BCUT2D eigenvalue weighted by Crippen LogP contribution is -2.47. The molecule has 9 heteroatoms. The summed E-state index contributed by atoms with van der Waals surface area (Å²) < 4.78 is 6.02. The van der Waals surface area contributed by atoms with E-state index < -0.39 is 0 Å². The summed E-state index contributed by atoms with van der Waals surface area (Å²) >= 11 is 12.6. The smallest absolute Gasteiger partial charge is 0.410 e. The maximum absolute atomic E-state index is 13.7.